The van der Waals surface area contributed by atoms with Crippen molar-refractivity contribution in [1.82, 2.24) is 4.37 Å². The quantitative estimate of drug-likeness (QED) is 0.913. The lowest BCUT2D eigenvalue weighted by Gasteiger charge is -2.14. The molecule has 94 valence electrons. The Bertz CT molecular complexity index is 522. The van der Waals surface area contributed by atoms with Gasteiger partial charge in [0.15, 0.2) is 0 Å². The fraction of sp³-hybridized carbons (Fsp3) is 0.286. The lowest BCUT2D eigenvalue weighted by molar-refractivity contribution is -0.117. The Hall–Kier alpha value is -1.68. The number of carbonyl (C=O) groups excluding carboxylic acids is 1. The maximum atomic E-state index is 12.2. The summed E-state index contributed by atoms with van der Waals surface area (Å²) in [5.74, 6) is -0.0686. The summed E-state index contributed by atoms with van der Waals surface area (Å²) in [6.07, 6.45) is 0.785. The van der Waals surface area contributed by atoms with Crippen molar-refractivity contribution in [3.8, 4) is 0 Å². The second kappa shape index (κ2) is 5.78. The molecule has 0 bridgehead atoms. The second-order valence-corrected chi connectivity index (χ2v) is 5.00. The largest absolute Gasteiger partial charge is 0.316 e. The van der Waals surface area contributed by atoms with Gasteiger partial charge in [-0.1, -0.05) is 37.3 Å². The van der Waals surface area contributed by atoms with Crippen molar-refractivity contribution >= 4 is 22.4 Å². The minimum atomic E-state index is -0.103. The van der Waals surface area contributed by atoms with Gasteiger partial charge in [0.2, 0.25) is 5.91 Å². The van der Waals surface area contributed by atoms with Gasteiger partial charge in [-0.15, -0.1) is 0 Å². The molecule has 1 amide bonds. The number of aryl methyl sites for hydroxylation is 1. The summed E-state index contributed by atoms with van der Waals surface area (Å²) in [6, 6.07) is 11.8. The first-order chi connectivity index (χ1) is 8.70. The first-order valence-electron chi connectivity index (χ1n) is 6.00. The Balaban J connectivity index is 2.11. The van der Waals surface area contributed by atoms with E-state index in [1.807, 2.05) is 50.2 Å². The van der Waals surface area contributed by atoms with E-state index in [9.17, 15) is 4.79 Å². The van der Waals surface area contributed by atoms with Gasteiger partial charge in [0.1, 0.15) is 5.00 Å². The van der Waals surface area contributed by atoms with Crippen molar-refractivity contribution in [3.05, 3.63) is 47.7 Å². The van der Waals surface area contributed by atoms with Gasteiger partial charge in [0.25, 0.3) is 0 Å². The number of hydrogen-bond acceptors (Lipinski definition) is 3. The minimum Gasteiger partial charge on any atom is -0.316 e. The van der Waals surface area contributed by atoms with E-state index in [0.717, 1.165) is 22.7 Å². The highest BCUT2D eigenvalue weighted by atomic mass is 32.1. The molecule has 0 radical (unpaired) electrons. The lowest BCUT2D eigenvalue weighted by atomic mass is 9.96. The van der Waals surface area contributed by atoms with Gasteiger partial charge < -0.3 is 5.32 Å². The lowest BCUT2D eigenvalue weighted by Crippen LogP contribution is -2.20. The van der Waals surface area contributed by atoms with Crippen LogP contribution in [-0.2, 0) is 4.79 Å². The molecule has 1 heterocycles. The molecule has 2 aromatic rings. The third kappa shape index (κ3) is 2.96. The number of nitrogens with one attached hydrogen (secondary N) is 1. The molecule has 1 N–H and O–H groups in total. The van der Waals surface area contributed by atoms with Gasteiger partial charge in [-0.05, 0) is 36.5 Å². The van der Waals surface area contributed by atoms with Crippen LogP contribution < -0.4 is 5.32 Å². The molecule has 0 aliphatic heterocycles. The van der Waals surface area contributed by atoms with Crippen LogP contribution in [0, 0.1) is 6.92 Å². The monoisotopic (exact) mass is 260 g/mol. The molecular formula is C14H16N2OS. The summed E-state index contributed by atoms with van der Waals surface area (Å²) in [4.78, 5) is 12.2. The zero-order chi connectivity index (χ0) is 13.0. The molecule has 2 rings (SSSR count). The molecule has 1 atom stereocenters. The van der Waals surface area contributed by atoms with E-state index in [-0.39, 0.29) is 11.8 Å². The van der Waals surface area contributed by atoms with Crippen LogP contribution in [0.3, 0.4) is 0 Å². The zero-order valence-electron chi connectivity index (χ0n) is 10.5. The van der Waals surface area contributed by atoms with E-state index >= 15 is 0 Å². The fourth-order valence-electron chi connectivity index (χ4n) is 1.89. The first-order valence-corrected chi connectivity index (χ1v) is 6.77. The average molecular weight is 260 g/mol. The molecule has 0 aliphatic carbocycles. The normalized spacial score (nSPS) is 12.1. The number of anilines is 1. The molecule has 0 aliphatic rings. The van der Waals surface area contributed by atoms with Crippen molar-refractivity contribution < 1.29 is 4.79 Å². The van der Waals surface area contributed by atoms with Crippen LogP contribution in [0.15, 0.2) is 36.4 Å². The summed E-state index contributed by atoms with van der Waals surface area (Å²) < 4.78 is 4.15. The number of nitrogens with zero attached hydrogens (tertiary/aromatic N) is 1. The summed E-state index contributed by atoms with van der Waals surface area (Å²) in [5.41, 5.74) is 1.99. The summed E-state index contributed by atoms with van der Waals surface area (Å²) >= 11 is 1.32. The van der Waals surface area contributed by atoms with E-state index < -0.39 is 0 Å². The van der Waals surface area contributed by atoms with E-state index in [2.05, 4.69) is 9.69 Å². The number of amides is 1. The highest BCUT2D eigenvalue weighted by Crippen LogP contribution is 2.23. The van der Waals surface area contributed by atoms with Crippen LogP contribution in [0.1, 0.15) is 30.5 Å². The van der Waals surface area contributed by atoms with E-state index in [4.69, 9.17) is 0 Å². The third-order valence-corrected chi connectivity index (χ3v) is 3.60. The Morgan fingerprint density at radius 3 is 2.67 bits per heavy atom. The number of hydrogen-bond donors (Lipinski definition) is 1. The average Bonchev–Trinajstić information content (AvgIpc) is 2.77. The van der Waals surface area contributed by atoms with Crippen LogP contribution in [0.2, 0.25) is 0 Å². The summed E-state index contributed by atoms with van der Waals surface area (Å²) in [5, 5.41) is 3.74. The standard InChI is InChI=1S/C14H16N2OS/c1-3-12(11-7-5-4-6-8-11)14(17)15-13-9-10(2)16-18-13/h4-9,12H,3H2,1-2H3,(H,15,17). The Morgan fingerprint density at radius 2 is 2.11 bits per heavy atom. The molecule has 1 unspecified atom stereocenters. The summed E-state index contributed by atoms with van der Waals surface area (Å²) in [6.45, 7) is 3.94. The zero-order valence-corrected chi connectivity index (χ0v) is 11.3. The van der Waals surface area contributed by atoms with Crippen LogP contribution >= 0.6 is 11.5 Å². The van der Waals surface area contributed by atoms with Gasteiger partial charge in [0.05, 0.1) is 11.6 Å². The van der Waals surface area contributed by atoms with Crippen molar-refractivity contribution in [1.29, 1.82) is 0 Å². The van der Waals surface area contributed by atoms with Crippen LogP contribution in [0.25, 0.3) is 0 Å². The molecule has 1 aromatic carbocycles. The van der Waals surface area contributed by atoms with Gasteiger partial charge >= 0.3 is 0 Å². The Morgan fingerprint density at radius 1 is 1.39 bits per heavy atom. The van der Waals surface area contributed by atoms with Gasteiger partial charge in [-0.3, -0.25) is 4.79 Å². The maximum Gasteiger partial charge on any atom is 0.232 e. The van der Waals surface area contributed by atoms with E-state index in [1.54, 1.807) is 0 Å². The SMILES string of the molecule is CCC(C(=O)Nc1cc(C)ns1)c1ccccc1. The molecule has 0 saturated heterocycles. The molecular weight excluding hydrogens is 244 g/mol. The predicted octanol–water partition coefficient (Wildman–Crippen LogP) is 3.58. The molecule has 0 spiro atoms. The predicted molar refractivity (Wildman–Crippen MR) is 75.0 cm³/mol. The topological polar surface area (TPSA) is 42.0 Å². The van der Waals surface area contributed by atoms with Crippen molar-refractivity contribution in [3.63, 3.8) is 0 Å². The molecule has 18 heavy (non-hydrogen) atoms. The molecule has 4 heteroatoms. The van der Waals surface area contributed by atoms with Crippen LogP contribution in [0.5, 0.6) is 0 Å². The Labute approximate surface area is 111 Å². The number of aromatic nitrogens is 1. The fourth-order valence-corrected chi connectivity index (χ4v) is 2.55. The number of rotatable bonds is 4. The van der Waals surface area contributed by atoms with Crippen molar-refractivity contribution in [2.45, 2.75) is 26.2 Å². The maximum absolute atomic E-state index is 12.2. The molecule has 0 saturated carbocycles. The molecule has 1 aromatic heterocycles. The van der Waals surface area contributed by atoms with Gasteiger partial charge in [0, 0.05) is 0 Å². The molecule has 0 fully saturated rings. The van der Waals surface area contributed by atoms with E-state index in [0.29, 0.717) is 0 Å². The van der Waals surface area contributed by atoms with Crippen LogP contribution in [-0.4, -0.2) is 10.3 Å². The molecule has 3 nitrogen and oxygen atoms in total. The first kappa shape index (κ1) is 12.8. The number of benzene rings is 1. The van der Waals surface area contributed by atoms with Crippen molar-refractivity contribution in [2.75, 3.05) is 5.32 Å². The van der Waals surface area contributed by atoms with Crippen molar-refractivity contribution in [2.24, 2.45) is 0 Å². The third-order valence-electron chi connectivity index (χ3n) is 2.80. The minimum absolute atomic E-state index is 0.0346. The highest BCUT2D eigenvalue weighted by Gasteiger charge is 2.18. The highest BCUT2D eigenvalue weighted by molar-refractivity contribution is 7.10. The van der Waals surface area contributed by atoms with Gasteiger partial charge in [-0.2, -0.15) is 4.37 Å². The summed E-state index contributed by atoms with van der Waals surface area (Å²) in [7, 11) is 0. The van der Waals surface area contributed by atoms with Crippen LogP contribution in [0.4, 0.5) is 5.00 Å². The Kier molecular flexibility index (Phi) is 4.10. The second-order valence-electron chi connectivity index (χ2n) is 4.19. The van der Waals surface area contributed by atoms with E-state index in [1.165, 1.54) is 11.5 Å². The smallest absolute Gasteiger partial charge is 0.232 e. The number of carbonyl (C=O) groups is 1. The van der Waals surface area contributed by atoms with Gasteiger partial charge in [-0.25, -0.2) is 0 Å².